The van der Waals surface area contributed by atoms with E-state index in [1.807, 2.05) is 13.0 Å². The molecule has 1 heterocycles. The fraction of sp³-hybridized carbons (Fsp3) is 0.500. The number of anilines is 2. The van der Waals surface area contributed by atoms with Crippen molar-refractivity contribution in [2.45, 2.75) is 6.92 Å². The van der Waals surface area contributed by atoms with E-state index in [0.29, 0.717) is 13.1 Å². The average molecular weight is 251 g/mol. The van der Waals surface area contributed by atoms with Gasteiger partial charge in [-0.2, -0.15) is 0 Å². The number of nitrogens with zero attached hydrogens (tertiary/aromatic N) is 2. The predicted molar refractivity (Wildman–Crippen MR) is 74.0 cm³/mol. The molecule has 6 nitrogen and oxygen atoms in total. The third kappa shape index (κ3) is 4.90. The van der Waals surface area contributed by atoms with Gasteiger partial charge in [-0.3, -0.25) is 4.98 Å². The summed E-state index contributed by atoms with van der Waals surface area (Å²) in [5.41, 5.74) is 1.92. The lowest BCUT2D eigenvalue weighted by atomic mass is 10.3. The summed E-state index contributed by atoms with van der Waals surface area (Å²) in [5.74, 6) is 0. The standard InChI is InChI=1S/C12H21N5O/c1-4-14-10-7-11(9-13-8-10)15-5-6-16-12(18)17(2)3/h7-9,14-15H,4-6H2,1-3H3,(H,16,18). The first-order chi connectivity index (χ1) is 8.63. The second kappa shape index (κ2) is 7.37. The number of hydrogen-bond donors (Lipinski definition) is 3. The monoisotopic (exact) mass is 251 g/mol. The quantitative estimate of drug-likeness (QED) is 0.664. The predicted octanol–water partition coefficient (Wildman–Crippen LogP) is 1.20. The number of nitrogens with one attached hydrogen (secondary N) is 3. The lowest BCUT2D eigenvalue weighted by molar-refractivity contribution is 0.218. The van der Waals surface area contributed by atoms with Gasteiger partial charge in [0.1, 0.15) is 0 Å². The molecule has 18 heavy (non-hydrogen) atoms. The van der Waals surface area contributed by atoms with Crippen LogP contribution in [-0.4, -0.2) is 49.6 Å². The Morgan fingerprint density at radius 1 is 1.22 bits per heavy atom. The Balaban J connectivity index is 2.30. The van der Waals surface area contributed by atoms with Gasteiger partial charge in [-0.15, -0.1) is 0 Å². The zero-order valence-electron chi connectivity index (χ0n) is 11.2. The van der Waals surface area contributed by atoms with E-state index in [9.17, 15) is 4.79 Å². The Morgan fingerprint density at radius 3 is 2.50 bits per heavy atom. The topological polar surface area (TPSA) is 69.3 Å². The van der Waals surface area contributed by atoms with Gasteiger partial charge in [0.2, 0.25) is 0 Å². The van der Waals surface area contributed by atoms with Crippen LogP contribution >= 0.6 is 0 Å². The molecule has 6 heteroatoms. The molecule has 0 spiro atoms. The van der Waals surface area contributed by atoms with Crippen molar-refractivity contribution in [1.82, 2.24) is 15.2 Å². The van der Waals surface area contributed by atoms with Crippen molar-refractivity contribution in [1.29, 1.82) is 0 Å². The summed E-state index contributed by atoms with van der Waals surface area (Å²) in [4.78, 5) is 16.9. The van der Waals surface area contributed by atoms with E-state index in [1.165, 1.54) is 4.90 Å². The Morgan fingerprint density at radius 2 is 1.89 bits per heavy atom. The average Bonchev–Trinajstić information content (AvgIpc) is 2.35. The highest BCUT2D eigenvalue weighted by molar-refractivity contribution is 5.73. The first-order valence-electron chi connectivity index (χ1n) is 6.01. The number of aromatic nitrogens is 1. The minimum atomic E-state index is -0.0867. The molecule has 0 saturated heterocycles. The number of pyridine rings is 1. The van der Waals surface area contributed by atoms with Crippen molar-refractivity contribution < 1.29 is 4.79 Å². The zero-order chi connectivity index (χ0) is 13.4. The minimum Gasteiger partial charge on any atom is -0.384 e. The van der Waals surface area contributed by atoms with Crippen LogP contribution in [0, 0.1) is 0 Å². The Bertz CT molecular complexity index is 380. The highest BCUT2D eigenvalue weighted by Gasteiger charge is 2.01. The summed E-state index contributed by atoms with van der Waals surface area (Å²) in [7, 11) is 3.43. The number of carbonyl (C=O) groups is 1. The molecule has 100 valence electrons. The second-order valence-electron chi connectivity index (χ2n) is 4.05. The van der Waals surface area contributed by atoms with Gasteiger partial charge >= 0.3 is 6.03 Å². The van der Waals surface area contributed by atoms with Crippen molar-refractivity contribution in [2.24, 2.45) is 0 Å². The van der Waals surface area contributed by atoms with E-state index in [0.717, 1.165) is 17.9 Å². The molecule has 3 N–H and O–H groups in total. The minimum absolute atomic E-state index is 0.0867. The maximum atomic E-state index is 11.3. The van der Waals surface area contributed by atoms with Gasteiger partial charge in [0.05, 0.1) is 23.8 Å². The number of amides is 2. The summed E-state index contributed by atoms with van der Waals surface area (Å²) >= 11 is 0. The molecule has 1 rings (SSSR count). The van der Waals surface area contributed by atoms with Crippen LogP contribution in [-0.2, 0) is 0 Å². The van der Waals surface area contributed by atoms with Crippen LogP contribution in [0.2, 0.25) is 0 Å². The van der Waals surface area contributed by atoms with Crippen molar-refractivity contribution in [3.63, 3.8) is 0 Å². The van der Waals surface area contributed by atoms with E-state index in [1.54, 1.807) is 26.5 Å². The fourth-order valence-corrected chi connectivity index (χ4v) is 1.37. The number of rotatable bonds is 6. The molecular weight excluding hydrogens is 230 g/mol. The van der Waals surface area contributed by atoms with Gasteiger partial charge in [-0.05, 0) is 13.0 Å². The highest BCUT2D eigenvalue weighted by atomic mass is 16.2. The summed E-state index contributed by atoms with van der Waals surface area (Å²) in [5, 5.41) is 9.18. The van der Waals surface area contributed by atoms with E-state index in [2.05, 4.69) is 20.9 Å². The second-order valence-corrected chi connectivity index (χ2v) is 4.05. The molecular formula is C12H21N5O. The van der Waals surface area contributed by atoms with E-state index >= 15 is 0 Å². The van der Waals surface area contributed by atoms with Crippen molar-refractivity contribution >= 4 is 17.4 Å². The lowest BCUT2D eigenvalue weighted by Crippen LogP contribution is -2.37. The van der Waals surface area contributed by atoms with Crippen molar-refractivity contribution in [3.8, 4) is 0 Å². The van der Waals surface area contributed by atoms with E-state index < -0.39 is 0 Å². The van der Waals surface area contributed by atoms with Crippen LogP contribution in [0.5, 0.6) is 0 Å². The first kappa shape index (κ1) is 14.1. The number of hydrogen-bond acceptors (Lipinski definition) is 4. The number of carbonyl (C=O) groups excluding carboxylic acids is 1. The van der Waals surface area contributed by atoms with Gasteiger partial charge in [-0.1, -0.05) is 0 Å². The third-order valence-corrected chi connectivity index (χ3v) is 2.26. The van der Waals surface area contributed by atoms with Crippen molar-refractivity contribution in [2.75, 3.05) is 44.4 Å². The maximum Gasteiger partial charge on any atom is 0.316 e. The molecule has 0 saturated carbocycles. The van der Waals surface area contributed by atoms with E-state index in [-0.39, 0.29) is 6.03 Å². The Hall–Kier alpha value is -1.98. The molecule has 1 aromatic heterocycles. The van der Waals surface area contributed by atoms with Gasteiger partial charge in [0.25, 0.3) is 0 Å². The summed E-state index contributed by atoms with van der Waals surface area (Å²) in [6, 6.07) is 1.90. The molecule has 0 aliphatic heterocycles. The largest absolute Gasteiger partial charge is 0.384 e. The molecule has 0 aliphatic carbocycles. The third-order valence-electron chi connectivity index (χ3n) is 2.26. The molecule has 0 bridgehead atoms. The molecule has 2 amide bonds. The zero-order valence-corrected chi connectivity index (χ0v) is 11.2. The fourth-order valence-electron chi connectivity index (χ4n) is 1.37. The molecule has 0 atom stereocenters. The summed E-state index contributed by atoms with van der Waals surface area (Å²) in [6.07, 6.45) is 3.54. The van der Waals surface area contributed by atoms with Crippen LogP contribution in [0.15, 0.2) is 18.5 Å². The first-order valence-corrected chi connectivity index (χ1v) is 6.01. The van der Waals surface area contributed by atoms with Gasteiger partial charge in [0, 0.05) is 33.7 Å². The van der Waals surface area contributed by atoms with Crippen molar-refractivity contribution in [3.05, 3.63) is 18.5 Å². The highest BCUT2D eigenvalue weighted by Crippen LogP contribution is 2.11. The van der Waals surface area contributed by atoms with Gasteiger partial charge in [-0.25, -0.2) is 4.79 Å². The summed E-state index contributed by atoms with van der Waals surface area (Å²) < 4.78 is 0. The maximum absolute atomic E-state index is 11.3. The Labute approximate surface area is 108 Å². The molecule has 0 unspecified atom stereocenters. The Kier molecular flexibility index (Phi) is 5.76. The van der Waals surface area contributed by atoms with Crippen LogP contribution < -0.4 is 16.0 Å². The van der Waals surface area contributed by atoms with Gasteiger partial charge < -0.3 is 20.9 Å². The molecule has 0 fully saturated rings. The lowest BCUT2D eigenvalue weighted by Gasteiger charge is -2.13. The SMILES string of the molecule is CCNc1cncc(NCCNC(=O)N(C)C)c1. The van der Waals surface area contributed by atoms with E-state index in [4.69, 9.17) is 0 Å². The van der Waals surface area contributed by atoms with Gasteiger partial charge in [0.15, 0.2) is 0 Å². The smallest absolute Gasteiger partial charge is 0.316 e. The number of urea groups is 1. The van der Waals surface area contributed by atoms with Crippen LogP contribution in [0.1, 0.15) is 6.92 Å². The summed E-state index contributed by atoms with van der Waals surface area (Å²) in [6.45, 7) is 4.14. The van der Waals surface area contributed by atoms with Crippen LogP contribution in [0.25, 0.3) is 0 Å². The van der Waals surface area contributed by atoms with Crippen LogP contribution in [0.4, 0.5) is 16.2 Å². The molecule has 0 radical (unpaired) electrons. The molecule has 1 aromatic rings. The normalized spacial score (nSPS) is 9.72. The molecule has 0 aromatic carbocycles. The van der Waals surface area contributed by atoms with Crippen LogP contribution in [0.3, 0.4) is 0 Å². The molecule has 0 aliphatic rings.